The number of benzene rings is 6. The fourth-order valence-electron chi connectivity index (χ4n) is 6.61. The van der Waals surface area contributed by atoms with E-state index in [0.717, 1.165) is 64.9 Å². The van der Waals surface area contributed by atoms with Gasteiger partial charge in [0.25, 0.3) is 0 Å². The van der Waals surface area contributed by atoms with Crippen LogP contribution in [0, 0.1) is 0 Å². The summed E-state index contributed by atoms with van der Waals surface area (Å²) < 4.78 is 31.8. The first-order valence-electron chi connectivity index (χ1n) is 13.4. The van der Waals surface area contributed by atoms with Crippen molar-refractivity contribution in [3.05, 3.63) is 162 Å². The Morgan fingerprint density at radius 2 is 0.925 bits per heavy atom. The smallest absolute Gasteiger partial charge is 0.172 e. The van der Waals surface area contributed by atoms with Crippen LogP contribution in [0.4, 0.5) is 0 Å². The van der Waals surface area contributed by atoms with Gasteiger partial charge in [0.05, 0.1) is 0 Å². The van der Waals surface area contributed by atoms with Crippen LogP contribution in [-0.4, -0.2) is 0 Å². The molecule has 2 heterocycles. The van der Waals surface area contributed by atoms with E-state index in [4.69, 9.17) is 0 Å². The lowest BCUT2D eigenvalue weighted by atomic mass is 9.91. The van der Waals surface area contributed by atoms with Gasteiger partial charge in [0, 0.05) is 43.0 Å². The van der Waals surface area contributed by atoms with Gasteiger partial charge in [-0.25, -0.2) is 0 Å². The molecular weight excluding hydrogens is 526 g/mol. The minimum atomic E-state index is -3.37. The van der Waals surface area contributed by atoms with Gasteiger partial charge < -0.3 is 9.13 Å². The highest BCUT2D eigenvalue weighted by molar-refractivity contribution is 7.89. The molecule has 8 rings (SSSR count). The maximum Gasteiger partial charge on any atom is 0.172 e. The summed E-state index contributed by atoms with van der Waals surface area (Å²) in [7, 11) is -6.70. The van der Waals surface area contributed by atoms with Crippen molar-refractivity contribution in [1.82, 2.24) is 0 Å². The van der Waals surface area contributed by atoms with Crippen LogP contribution in [-0.2, 0) is 9.13 Å². The molecule has 2 aliphatic heterocycles. The third kappa shape index (κ3) is 3.01. The zero-order valence-corrected chi connectivity index (χ0v) is 23.4. The van der Waals surface area contributed by atoms with Crippen molar-refractivity contribution < 1.29 is 9.13 Å². The average molecular weight is 551 g/mol. The maximum absolute atomic E-state index is 15.9. The second-order valence-electron chi connectivity index (χ2n) is 10.3. The average Bonchev–Trinajstić information content (AvgIpc) is 3.24. The summed E-state index contributed by atoms with van der Waals surface area (Å²) in [5.41, 5.74) is 3.64. The lowest BCUT2D eigenvalue weighted by Crippen LogP contribution is -2.28. The summed E-state index contributed by atoms with van der Waals surface area (Å²) >= 11 is 0. The molecule has 2 unspecified atom stereocenters. The van der Waals surface area contributed by atoms with Crippen molar-refractivity contribution in [3.63, 3.8) is 0 Å². The van der Waals surface area contributed by atoms with Crippen molar-refractivity contribution >= 4 is 62.5 Å². The first kappa shape index (κ1) is 23.6. The molecule has 0 fully saturated rings. The molecule has 0 saturated carbocycles. The van der Waals surface area contributed by atoms with Gasteiger partial charge in [-0.2, -0.15) is 0 Å². The third-order valence-electron chi connectivity index (χ3n) is 8.30. The Morgan fingerprint density at radius 1 is 0.400 bits per heavy atom. The molecule has 2 atom stereocenters. The van der Waals surface area contributed by atoms with Gasteiger partial charge in [-0.1, -0.05) is 140 Å². The number of fused-ring (bicyclic) bond motifs is 8. The first-order valence-corrected chi connectivity index (χ1v) is 16.8. The fourth-order valence-corrected chi connectivity index (χ4v) is 13.0. The zero-order chi connectivity index (χ0) is 26.9. The van der Waals surface area contributed by atoms with Crippen LogP contribution in [0.3, 0.4) is 0 Å². The number of hydrogen-bond acceptors (Lipinski definition) is 2. The Kier molecular flexibility index (Phi) is 5.11. The lowest BCUT2D eigenvalue weighted by Gasteiger charge is -2.25. The van der Waals surface area contributed by atoms with E-state index in [1.165, 1.54) is 0 Å². The predicted molar refractivity (Wildman–Crippen MR) is 169 cm³/mol. The van der Waals surface area contributed by atoms with Crippen LogP contribution < -0.4 is 26.5 Å². The van der Waals surface area contributed by atoms with Crippen molar-refractivity contribution in [2.75, 3.05) is 0 Å². The summed E-state index contributed by atoms with van der Waals surface area (Å²) in [6.07, 6.45) is 0. The van der Waals surface area contributed by atoms with Crippen molar-refractivity contribution in [3.8, 4) is 0 Å². The van der Waals surface area contributed by atoms with E-state index in [0.29, 0.717) is 0 Å². The van der Waals surface area contributed by atoms with Crippen LogP contribution in [0.15, 0.2) is 146 Å². The highest BCUT2D eigenvalue weighted by Crippen LogP contribution is 2.68. The van der Waals surface area contributed by atoms with Crippen LogP contribution >= 0.6 is 14.3 Å². The molecule has 0 N–H and O–H groups in total. The van der Waals surface area contributed by atoms with Gasteiger partial charge in [0.2, 0.25) is 0 Å². The molecule has 190 valence electrons. The predicted octanol–water partition coefficient (Wildman–Crippen LogP) is 7.04. The topological polar surface area (TPSA) is 34.1 Å². The Morgan fingerprint density at radius 3 is 1.62 bits per heavy atom. The molecule has 0 amide bonds. The van der Waals surface area contributed by atoms with E-state index >= 15 is 9.13 Å². The quantitative estimate of drug-likeness (QED) is 0.217. The molecule has 2 aliphatic rings. The standard InChI is InChI=1S/C36H24O2P2/c37-39(26-14-3-1-4-15-26)32-22-12-10-20-30(32)36-35(34-28-18-8-7-13-25(28)23-24-33(34)39)29-19-9-11-21-31(29)40(36,38)27-16-5-2-6-17-27/h1-24H. The number of hydrogen-bond donors (Lipinski definition) is 0. The SMILES string of the molecule is O=P1(c2ccccc2)C2=C(c3ccccc31)c1c(ccc3ccccc13)P(=O)(c1ccccc1)c1ccccc12. The molecule has 6 aromatic carbocycles. The van der Waals surface area contributed by atoms with Crippen LogP contribution in [0.1, 0.15) is 16.7 Å². The van der Waals surface area contributed by atoms with Gasteiger partial charge in [0.1, 0.15) is 0 Å². The Hall–Kier alpha value is -4.22. The molecule has 6 aromatic rings. The second kappa shape index (κ2) is 8.64. The Labute approximate surface area is 233 Å². The van der Waals surface area contributed by atoms with Crippen molar-refractivity contribution in [2.24, 2.45) is 0 Å². The van der Waals surface area contributed by atoms with Gasteiger partial charge >= 0.3 is 0 Å². The van der Waals surface area contributed by atoms with E-state index in [-0.39, 0.29) is 0 Å². The molecule has 0 spiro atoms. The minimum absolute atomic E-state index is 0.742. The van der Waals surface area contributed by atoms with Crippen molar-refractivity contribution in [1.29, 1.82) is 0 Å². The highest BCUT2D eigenvalue weighted by atomic mass is 31.2. The summed E-state index contributed by atoms with van der Waals surface area (Å²) in [4.78, 5) is 0. The normalized spacial score (nSPS) is 20.8. The van der Waals surface area contributed by atoms with E-state index < -0.39 is 14.3 Å². The summed E-state index contributed by atoms with van der Waals surface area (Å²) in [5, 5.41) is 6.84. The van der Waals surface area contributed by atoms with Gasteiger partial charge in [0.15, 0.2) is 14.3 Å². The summed E-state index contributed by atoms with van der Waals surface area (Å²) in [6.45, 7) is 0. The molecule has 0 saturated heterocycles. The molecule has 0 aliphatic carbocycles. The molecule has 4 heteroatoms. The minimum Gasteiger partial charge on any atom is -0.309 e. The fraction of sp³-hybridized carbons (Fsp3) is 0. The molecule has 0 aromatic heterocycles. The maximum atomic E-state index is 15.9. The van der Waals surface area contributed by atoms with Gasteiger partial charge in [-0.15, -0.1) is 0 Å². The van der Waals surface area contributed by atoms with Gasteiger partial charge in [-0.05, 0) is 28.0 Å². The summed E-state index contributed by atoms with van der Waals surface area (Å²) in [5.74, 6) is 0. The largest absolute Gasteiger partial charge is 0.309 e. The molecule has 0 bridgehead atoms. The van der Waals surface area contributed by atoms with E-state index in [2.05, 4.69) is 24.3 Å². The van der Waals surface area contributed by atoms with Crippen LogP contribution in [0.5, 0.6) is 0 Å². The highest BCUT2D eigenvalue weighted by Gasteiger charge is 2.49. The van der Waals surface area contributed by atoms with Crippen LogP contribution in [0.25, 0.3) is 21.7 Å². The zero-order valence-electron chi connectivity index (χ0n) is 21.6. The third-order valence-corrected chi connectivity index (χ3v) is 14.6. The summed E-state index contributed by atoms with van der Waals surface area (Å²) in [6, 6.07) is 48.0. The molecular formula is C36H24O2P2. The Bertz CT molecular complexity index is 2110. The van der Waals surface area contributed by atoms with E-state index in [1.54, 1.807) is 0 Å². The number of rotatable bonds is 2. The van der Waals surface area contributed by atoms with E-state index in [1.807, 2.05) is 121 Å². The monoisotopic (exact) mass is 550 g/mol. The molecule has 40 heavy (non-hydrogen) atoms. The Balaban J connectivity index is 1.65. The first-order chi connectivity index (χ1) is 19.6. The molecule has 2 nitrogen and oxygen atoms in total. The van der Waals surface area contributed by atoms with E-state index in [9.17, 15) is 0 Å². The molecule has 0 radical (unpaired) electrons. The lowest BCUT2D eigenvalue weighted by molar-refractivity contribution is 0.592. The van der Waals surface area contributed by atoms with Crippen molar-refractivity contribution in [2.45, 2.75) is 0 Å². The van der Waals surface area contributed by atoms with Crippen LogP contribution in [0.2, 0.25) is 0 Å². The second-order valence-corrected chi connectivity index (χ2v) is 15.7. The van der Waals surface area contributed by atoms with Gasteiger partial charge in [-0.3, -0.25) is 0 Å².